The van der Waals surface area contributed by atoms with Crippen molar-refractivity contribution in [3.05, 3.63) is 0 Å². The molecular weight excluding hydrogens is 278 g/mol. The van der Waals surface area contributed by atoms with Crippen molar-refractivity contribution in [3.63, 3.8) is 0 Å². The Kier molecular flexibility index (Phi) is 7.14. The van der Waals surface area contributed by atoms with Crippen LogP contribution in [0.1, 0.15) is 40.5 Å². The summed E-state index contributed by atoms with van der Waals surface area (Å²) in [5, 5.41) is 25.8. The van der Waals surface area contributed by atoms with Gasteiger partial charge in [0.2, 0.25) is 5.91 Å². The Balaban J connectivity index is 3.91. The summed E-state index contributed by atoms with van der Waals surface area (Å²) in [5.41, 5.74) is -1.85. The molecule has 5 N–H and O–H groups in total. The van der Waals surface area contributed by atoms with Crippen molar-refractivity contribution >= 4 is 17.9 Å². The first-order chi connectivity index (χ1) is 9.41. The number of nitrogens with one attached hydrogen (secondary N) is 3. The minimum absolute atomic E-state index is 0.135. The normalized spacial score (nSPS) is 14.0. The third kappa shape index (κ3) is 11.7. The van der Waals surface area contributed by atoms with Crippen LogP contribution in [-0.2, 0) is 9.59 Å². The number of carboxylic acid groups (broad SMARTS) is 1. The van der Waals surface area contributed by atoms with E-state index in [4.69, 9.17) is 5.11 Å². The molecule has 0 aromatic carbocycles. The Labute approximate surface area is 124 Å². The zero-order valence-corrected chi connectivity index (χ0v) is 12.9. The molecule has 0 aliphatic rings. The maximum absolute atomic E-state index is 11.5. The minimum Gasteiger partial charge on any atom is -0.481 e. The third-order valence-electron chi connectivity index (χ3n) is 2.31. The van der Waals surface area contributed by atoms with Crippen molar-refractivity contribution in [2.45, 2.75) is 51.7 Å². The van der Waals surface area contributed by atoms with Crippen LogP contribution < -0.4 is 16.0 Å². The quantitative estimate of drug-likeness (QED) is 0.445. The maximum atomic E-state index is 11.5. The molecule has 0 aliphatic heterocycles. The molecule has 0 aliphatic carbocycles. The predicted molar refractivity (Wildman–Crippen MR) is 76.8 cm³/mol. The number of amides is 3. The van der Waals surface area contributed by atoms with Crippen molar-refractivity contribution < 1.29 is 24.6 Å². The first-order valence-corrected chi connectivity index (χ1v) is 6.68. The molecule has 1 unspecified atom stereocenters. The topological polar surface area (TPSA) is 128 Å². The monoisotopic (exact) mass is 303 g/mol. The number of hydrogen-bond acceptors (Lipinski definition) is 4. The molecule has 8 heteroatoms. The van der Waals surface area contributed by atoms with Gasteiger partial charge >= 0.3 is 12.0 Å². The predicted octanol–water partition coefficient (Wildman–Crippen LogP) is -0.184. The third-order valence-corrected chi connectivity index (χ3v) is 2.31. The molecule has 122 valence electrons. The van der Waals surface area contributed by atoms with Crippen molar-refractivity contribution in [1.29, 1.82) is 0 Å². The van der Waals surface area contributed by atoms with Gasteiger partial charge in [-0.1, -0.05) is 0 Å². The molecule has 8 nitrogen and oxygen atoms in total. The van der Waals surface area contributed by atoms with E-state index in [9.17, 15) is 19.5 Å². The number of rotatable bonds is 7. The Morgan fingerprint density at radius 3 is 2.10 bits per heavy atom. The average Bonchev–Trinajstić information content (AvgIpc) is 2.22. The SMILES string of the molecule is CC(O)(CNC(=O)NCCC(=O)NC(C)(C)C)CC(=O)O. The van der Waals surface area contributed by atoms with E-state index in [1.807, 2.05) is 20.8 Å². The first kappa shape index (κ1) is 19.2. The molecule has 0 aromatic heterocycles. The molecule has 1 atom stereocenters. The zero-order chi connectivity index (χ0) is 16.7. The lowest BCUT2D eigenvalue weighted by Gasteiger charge is -2.22. The fourth-order valence-corrected chi connectivity index (χ4v) is 1.49. The van der Waals surface area contributed by atoms with E-state index >= 15 is 0 Å². The fourth-order valence-electron chi connectivity index (χ4n) is 1.49. The van der Waals surface area contributed by atoms with Gasteiger partial charge < -0.3 is 26.2 Å². The highest BCUT2D eigenvalue weighted by Gasteiger charge is 2.24. The standard InChI is InChI=1S/C13H25N3O5/c1-12(2,3)16-9(17)5-6-14-11(20)15-8-13(4,21)7-10(18)19/h21H,5-8H2,1-4H3,(H,16,17)(H,18,19)(H2,14,15,20). The summed E-state index contributed by atoms with van der Waals surface area (Å²) in [5.74, 6) is -1.33. The highest BCUT2D eigenvalue weighted by molar-refractivity contribution is 5.78. The van der Waals surface area contributed by atoms with Gasteiger partial charge in [-0.15, -0.1) is 0 Å². The largest absolute Gasteiger partial charge is 0.481 e. The van der Waals surface area contributed by atoms with Crippen LogP contribution in [0.3, 0.4) is 0 Å². The maximum Gasteiger partial charge on any atom is 0.314 e. The molecule has 3 amide bonds. The number of carboxylic acids is 1. The molecule has 0 saturated carbocycles. The smallest absolute Gasteiger partial charge is 0.314 e. The van der Waals surface area contributed by atoms with E-state index in [1.165, 1.54) is 6.92 Å². The second-order valence-corrected chi connectivity index (χ2v) is 6.23. The summed E-state index contributed by atoms with van der Waals surface area (Å²) >= 11 is 0. The molecule has 0 radical (unpaired) electrons. The summed E-state index contributed by atoms with van der Waals surface area (Å²) in [6.45, 7) is 6.84. The number of hydrogen-bond donors (Lipinski definition) is 5. The zero-order valence-electron chi connectivity index (χ0n) is 12.9. The van der Waals surface area contributed by atoms with E-state index in [1.54, 1.807) is 0 Å². The molecule has 21 heavy (non-hydrogen) atoms. The number of aliphatic carboxylic acids is 1. The first-order valence-electron chi connectivity index (χ1n) is 6.68. The lowest BCUT2D eigenvalue weighted by atomic mass is 10.0. The molecule has 0 aromatic rings. The summed E-state index contributed by atoms with van der Waals surface area (Å²) < 4.78 is 0. The van der Waals surface area contributed by atoms with Crippen molar-refractivity contribution in [2.24, 2.45) is 0 Å². The second-order valence-electron chi connectivity index (χ2n) is 6.23. The van der Waals surface area contributed by atoms with Gasteiger partial charge in [0.25, 0.3) is 0 Å². The van der Waals surface area contributed by atoms with Crippen LogP contribution in [0.5, 0.6) is 0 Å². The summed E-state index contributed by atoms with van der Waals surface area (Å²) in [6, 6.07) is -0.566. The number of aliphatic hydroxyl groups is 1. The second kappa shape index (κ2) is 7.82. The minimum atomic E-state index is -1.52. The summed E-state index contributed by atoms with van der Waals surface area (Å²) in [7, 11) is 0. The van der Waals surface area contributed by atoms with Gasteiger partial charge in [0, 0.05) is 25.0 Å². The van der Waals surface area contributed by atoms with Crippen molar-refractivity contribution in [2.75, 3.05) is 13.1 Å². The van der Waals surface area contributed by atoms with Crippen molar-refractivity contribution in [1.82, 2.24) is 16.0 Å². The van der Waals surface area contributed by atoms with E-state index in [0.717, 1.165) is 0 Å². The van der Waals surface area contributed by atoms with Crippen LogP contribution in [0.25, 0.3) is 0 Å². The van der Waals surface area contributed by atoms with Gasteiger partial charge in [0.15, 0.2) is 0 Å². The lowest BCUT2D eigenvalue weighted by Crippen LogP contribution is -2.47. The summed E-state index contributed by atoms with van der Waals surface area (Å²) in [6.07, 6.45) is -0.336. The van der Waals surface area contributed by atoms with Crippen LogP contribution in [0.2, 0.25) is 0 Å². The van der Waals surface area contributed by atoms with Gasteiger partial charge in [0.1, 0.15) is 0 Å². The van der Waals surface area contributed by atoms with Crippen LogP contribution in [0.4, 0.5) is 4.79 Å². The lowest BCUT2D eigenvalue weighted by molar-refractivity contribution is -0.141. The van der Waals surface area contributed by atoms with Gasteiger partial charge in [0.05, 0.1) is 12.0 Å². The molecule has 0 bridgehead atoms. The van der Waals surface area contributed by atoms with Crippen LogP contribution in [0.15, 0.2) is 0 Å². The van der Waals surface area contributed by atoms with Gasteiger partial charge in [-0.25, -0.2) is 4.79 Å². The van der Waals surface area contributed by atoms with Crippen LogP contribution >= 0.6 is 0 Å². The Bertz CT molecular complexity index is 388. The molecule has 0 fully saturated rings. The van der Waals surface area contributed by atoms with Gasteiger partial charge in [-0.3, -0.25) is 9.59 Å². The number of urea groups is 1. The molecule has 0 rings (SSSR count). The van der Waals surface area contributed by atoms with E-state index in [2.05, 4.69) is 16.0 Å². The van der Waals surface area contributed by atoms with E-state index < -0.39 is 24.0 Å². The summed E-state index contributed by atoms with van der Waals surface area (Å²) in [4.78, 5) is 33.4. The number of carbonyl (C=O) groups is 3. The molecule has 0 spiro atoms. The molecule has 0 saturated heterocycles. The van der Waals surface area contributed by atoms with Crippen LogP contribution in [0, 0.1) is 0 Å². The fraction of sp³-hybridized carbons (Fsp3) is 0.769. The van der Waals surface area contributed by atoms with E-state index in [-0.39, 0.29) is 31.0 Å². The average molecular weight is 303 g/mol. The van der Waals surface area contributed by atoms with Gasteiger partial charge in [-0.2, -0.15) is 0 Å². The van der Waals surface area contributed by atoms with E-state index in [0.29, 0.717) is 0 Å². The Hall–Kier alpha value is -1.83. The molecular formula is C13H25N3O5. The number of carbonyl (C=O) groups excluding carboxylic acids is 2. The van der Waals surface area contributed by atoms with Crippen LogP contribution in [-0.4, -0.2) is 52.4 Å². The van der Waals surface area contributed by atoms with Crippen molar-refractivity contribution in [3.8, 4) is 0 Å². The molecule has 0 heterocycles. The highest BCUT2D eigenvalue weighted by Crippen LogP contribution is 2.07. The highest BCUT2D eigenvalue weighted by atomic mass is 16.4. The van der Waals surface area contributed by atoms with Gasteiger partial charge in [-0.05, 0) is 27.7 Å². The Morgan fingerprint density at radius 1 is 1.05 bits per heavy atom. The Morgan fingerprint density at radius 2 is 1.62 bits per heavy atom.